The SMILES string of the molecule is CS/C(C)=N/OC(=O)N(C)SN(C)C(=O)c1ccc(Cl)cc1. The minimum Gasteiger partial charge on any atom is -0.296 e. The summed E-state index contributed by atoms with van der Waals surface area (Å²) in [6.07, 6.45) is 1.15. The van der Waals surface area contributed by atoms with Crippen molar-refractivity contribution in [3.63, 3.8) is 0 Å². The molecule has 0 saturated heterocycles. The molecular weight excluding hydrogens is 346 g/mol. The molecule has 0 heterocycles. The zero-order valence-electron chi connectivity index (χ0n) is 12.6. The molecule has 0 bridgehead atoms. The maximum Gasteiger partial charge on any atom is 0.447 e. The third kappa shape index (κ3) is 5.78. The lowest BCUT2D eigenvalue weighted by molar-refractivity contribution is 0.0888. The van der Waals surface area contributed by atoms with Crippen LogP contribution in [0.5, 0.6) is 0 Å². The quantitative estimate of drug-likeness (QED) is 0.269. The van der Waals surface area contributed by atoms with Crippen LogP contribution in [0.15, 0.2) is 29.4 Å². The third-order valence-electron chi connectivity index (χ3n) is 2.43. The smallest absolute Gasteiger partial charge is 0.296 e. The predicted octanol–water partition coefficient (Wildman–Crippen LogP) is 3.74. The number of oxime groups is 1. The molecule has 1 aromatic rings. The molecule has 0 aromatic heterocycles. The number of nitrogens with zero attached hydrogens (tertiary/aromatic N) is 3. The van der Waals surface area contributed by atoms with Crippen LogP contribution in [0, 0.1) is 0 Å². The highest BCUT2D eigenvalue weighted by molar-refractivity contribution is 8.13. The molecule has 6 nitrogen and oxygen atoms in total. The number of benzene rings is 1. The lowest BCUT2D eigenvalue weighted by Crippen LogP contribution is -2.28. The van der Waals surface area contributed by atoms with Crippen LogP contribution in [0.4, 0.5) is 4.79 Å². The van der Waals surface area contributed by atoms with Gasteiger partial charge in [0.1, 0.15) is 5.04 Å². The van der Waals surface area contributed by atoms with Gasteiger partial charge in [-0.15, -0.1) is 11.8 Å². The van der Waals surface area contributed by atoms with E-state index in [1.165, 1.54) is 27.4 Å². The first-order valence-electron chi connectivity index (χ1n) is 6.10. The summed E-state index contributed by atoms with van der Waals surface area (Å²) >= 11 is 8.06. The highest BCUT2D eigenvalue weighted by Gasteiger charge is 2.19. The second-order valence-corrected chi connectivity index (χ2v) is 6.75. The second kappa shape index (κ2) is 8.92. The number of hydrogen-bond donors (Lipinski definition) is 0. The molecule has 0 radical (unpaired) electrons. The average Bonchev–Trinajstić information content (AvgIpc) is 2.51. The number of carbonyl (C=O) groups excluding carboxylic acids is 2. The minimum atomic E-state index is -0.672. The summed E-state index contributed by atoms with van der Waals surface area (Å²) in [5, 5.41) is 4.81. The molecule has 0 fully saturated rings. The first-order chi connectivity index (χ1) is 10.3. The zero-order valence-corrected chi connectivity index (χ0v) is 15.0. The van der Waals surface area contributed by atoms with E-state index < -0.39 is 6.09 Å². The number of amides is 2. The summed E-state index contributed by atoms with van der Waals surface area (Å²) in [5.41, 5.74) is 0.470. The average molecular weight is 362 g/mol. The van der Waals surface area contributed by atoms with Gasteiger partial charge in [-0.2, -0.15) is 0 Å². The van der Waals surface area contributed by atoms with E-state index in [0.717, 1.165) is 12.1 Å². The van der Waals surface area contributed by atoms with Gasteiger partial charge in [-0.3, -0.25) is 13.9 Å². The fourth-order valence-corrected chi connectivity index (χ4v) is 2.11. The third-order valence-corrected chi connectivity index (χ3v) is 4.15. The van der Waals surface area contributed by atoms with Crippen molar-refractivity contribution in [3.05, 3.63) is 34.9 Å². The van der Waals surface area contributed by atoms with Crippen LogP contribution in [0.25, 0.3) is 0 Å². The lowest BCUT2D eigenvalue weighted by atomic mass is 10.2. The fourth-order valence-electron chi connectivity index (χ4n) is 1.23. The van der Waals surface area contributed by atoms with Crippen molar-refractivity contribution in [2.24, 2.45) is 5.16 Å². The Morgan fingerprint density at radius 1 is 1.18 bits per heavy atom. The lowest BCUT2D eigenvalue weighted by Gasteiger charge is -2.21. The number of thioether (sulfide) groups is 1. The molecule has 120 valence electrons. The van der Waals surface area contributed by atoms with E-state index >= 15 is 0 Å². The molecule has 0 aliphatic carbocycles. The first kappa shape index (κ1) is 18.7. The van der Waals surface area contributed by atoms with Crippen molar-refractivity contribution in [2.45, 2.75) is 6.92 Å². The van der Waals surface area contributed by atoms with Crippen LogP contribution in [-0.2, 0) is 4.84 Å². The fraction of sp³-hybridized carbons (Fsp3) is 0.308. The number of rotatable bonds is 4. The van der Waals surface area contributed by atoms with Crippen molar-refractivity contribution < 1.29 is 14.4 Å². The summed E-state index contributed by atoms with van der Waals surface area (Å²) in [5.74, 6) is -0.259. The molecule has 0 spiro atoms. The minimum absolute atomic E-state index is 0.259. The van der Waals surface area contributed by atoms with E-state index in [-0.39, 0.29) is 5.91 Å². The van der Waals surface area contributed by atoms with Crippen molar-refractivity contribution in [1.82, 2.24) is 8.61 Å². The van der Waals surface area contributed by atoms with E-state index in [1.807, 2.05) is 6.26 Å². The topological polar surface area (TPSA) is 62.2 Å². The molecule has 1 aromatic carbocycles. The molecular formula is C13H16ClN3O3S2. The molecule has 0 saturated carbocycles. The summed E-state index contributed by atoms with van der Waals surface area (Å²) < 4.78 is 2.49. The summed E-state index contributed by atoms with van der Waals surface area (Å²) in [7, 11) is 3.05. The van der Waals surface area contributed by atoms with Crippen LogP contribution in [0.1, 0.15) is 17.3 Å². The van der Waals surface area contributed by atoms with Crippen molar-refractivity contribution in [3.8, 4) is 0 Å². The summed E-state index contributed by atoms with van der Waals surface area (Å²) in [6, 6.07) is 6.49. The van der Waals surface area contributed by atoms with Crippen molar-refractivity contribution in [1.29, 1.82) is 0 Å². The van der Waals surface area contributed by atoms with E-state index in [2.05, 4.69) is 5.16 Å². The standard InChI is InChI=1S/C13H16ClN3O3S2/c1-9(21-4)15-20-13(19)17(3)22-16(2)12(18)10-5-7-11(14)8-6-10/h5-8H,1-4H3/b15-9+. The Kier molecular flexibility index (Phi) is 7.57. The molecule has 0 atom stereocenters. The molecule has 0 N–H and O–H groups in total. The summed E-state index contributed by atoms with van der Waals surface area (Å²) in [4.78, 5) is 28.6. The Morgan fingerprint density at radius 2 is 1.77 bits per heavy atom. The van der Waals surface area contributed by atoms with Crippen LogP contribution in [0.3, 0.4) is 0 Å². The summed E-state index contributed by atoms with van der Waals surface area (Å²) in [6.45, 7) is 1.72. The van der Waals surface area contributed by atoms with Crippen molar-refractivity contribution >= 4 is 52.5 Å². The Morgan fingerprint density at radius 3 is 2.32 bits per heavy atom. The molecule has 2 amide bonds. The first-order valence-corrected chi connectivity index (χ1v) is 8.43. The Bertz CT molecular complexity index is 566. The van der Waals surface area contributed by atoms with Crippen LogP contribution >= 0.6 is 35.5 Å². The largest absolute Gasteiger partial charge is 0.447 e. The molecule has 22 heavy (non-hydrogen) atoms. The van der Waals surface area contributed by atoms with Gasteiger partial charge in [0, 0.05) is 24.7 Å². The molecule has 0 unspecified atom stereocenters. The van der Waals surface area contributed by atoms with E-state index in [4.69, 9.17) is 16.4 Å². The number of hydrogen-bond acceptors (Lipinski definition) is 6. The molecule has 9 heteroatoms. The van der Waals surface area contributed by atoms with Crippen LogP contribution in [0.2, 0.25) is 5.02 Å². The second-order valence-electron chi connectivity index (χ2n) is 4.06. The van der Waals surface area contributed by atoms with Gasteiger partial charge in [-0.05, 0) is 37.4 Å². The Balaban J connectivity index is 2.59. The van der Waals surface area contributed by atoms with Gasteiger partial charge in [-0.1, -0.05) is 16.8 Å². The maximum absolute atomic E-state index is 12.2. The highest BCUT2D eigenvalue weighted by Crippen LogP contribution is 2.18. The van der Waals surface area contributed by atoms with Gasteiger partial charge in [0.2, 0.25) is 0 Å². The van der Waals surface area contributed by atoms with Gasteiger partial charge in [0.15, 0.2) is 0 Å². The van der Waals surface area contributed by atoms with Crippen LogP contribution in [-0.4, -0.2) is 46.0 Å². The number of halogens is 1. The van der Waals surface area contributed by atoms with Gasteiger partial charge in [0.25, 0.3) is 5.91 Å². The van der Waals surface area contributed by atoms with Crippen molar-refractivity contribution in [2.75, 3.05) is 20.4 Å². The maximum atomic E-state index is 12.2. The Hall–Kier alpha value is -1.38. The predicted molar refractivity (Wildman–Crippen MR) is 92.0 cm³/mol. The van der Waals surface area contributed by atoms with Gasteiger partial charge in [-0.25, -0.2) is 9.10 Å². The molecule has 0 aliphatic rings. The Labute approximate surface area is 143 Å². The van der Waals surface area contributed by atoms with E-state index in [9.17, 15) is 9.59 Å². The monoisotopic (exact) mass is 361 g/mol. The highest BCUT2D eigenvalue weighted by atomic mass is 35.5. The van der Waals surface area contributed by atoms with Gasteiger partial charge < -0.3 is 0 Å². The van der Waals surface area contributed by atoms with Gasteiger partial charge in [0.05, 0.1) is 12.1 Å². The van der Waals surface area contributed by atoms with E-state index in [1.54, 1.807) is 38.2 Å². The van der Waals surface area contributed by atoms with E-state index in [0.29, 0.717) is 15.6 Å². The van der Waals surface area contributed by atoms with Gasteiger partial charge >= 0.3 is 6.09 Å². The zero-order chi connectivity index (χ0) is 16.7. The normalized spacial score (nSPS) is 11.0. The molecule has 1 rings (SSSR count). The molecule has 0 aliphatic heterocycles. The number of carbonyl (C=O) groups is 2. The van der Waals surface area contributed by atoms with Crippen LogP contribution < -0.4 is 0 Å².